The Balaban J connectivity index is 1.38. The minimum absolute atomic E-state index is 0.0345. The van der Waals surface area contributed by atoms with Gasteiger partial charge in [0.05, 0.1) is 0 Å². The summed E-state index contributed by atoms with van der Waals surface area (Å²) in [5, 5.41) is 11.4. The summed E-state index contributed by atoms with van der Waals surface area (Å²) < 4.78 is 1.54. The first-order valence-electron chi connectivity index (χ1n) is 9.49. The molecule has 0 radical (unpaired) electrons. The van der Waals surface area contributed by atoms with E-state index in [2.05, 4.69) is 37.5 Å². The Bertz CT molecular complexity index is 862. The summed E-state index contributed by atoms with van der Waals surface area (Å²) in [6.45, 7) is 4.14. The monoisotopic (exact) mass is 377 g/mol. The van der Waals surface area contributed by atoms with E-state index in [0.29, 0.717) is 13.1 Å². The van der Waals surface area contributed by atoms with E-state index in [1.807, 2.05) is 47.6 Å². The van der Waals surface area contributed by atoms with Gasteiger partial charge < -0.3 is 4.90 Å². The number of hydrogen-bond acceptors (Lipinski definition) is 6. The number of tetrazole rings is 1. The van der Waals surface area contributed by atoms with Crippen LogP contribution in [-0.2, 0) is 11.2 Å². The second kappa shape index (κ2) is 8.71. The van der Waals surface area contributed by atoms with Crippen molar-refractivity contribution in [2.75, 3.05) is 32.7 Å². The van der Waals surface area contributed by atoms with Gasteiger partial charge in [0.1, 0.15) is 6.33 Å². The van der Waals surface area contributed by atoms with Crippen LogP contribution in [0.1, 0.15) is 17.2 Å². The number of carbonyl (C=O) groups excluding carboxylic acids is 1. The fraction of sp³-hybridized carbons (Fsp3) is 0.350. The zero-order valence-corrected chi connectivity index (χ0v) is 15.6. The summed E-state index contributed by atoms with van der Waals surface area (Å²) in [5.41, 5.74) is 2.18. The molecule has 0 unspecified atom stereocenters. The Morgan fingerprint density at radius 1 is 1.00 bits per heavy atom. The number of carbonyl (C=O) groups is 1. The van der Waals surface area contributed by atoms with Crippen LogP contribution in [0.5, 0.6) is 0 Å². The summed E-state index contributed by atoms with van der Waals surface area (Å²) in [5.74, 6) is 0.0345. The third-order valence-electron chi connectivity index (χ3n) is 5.13. The van der Waals surface area contributed by atoms with Crippen molar-refractivity contribution in [1.29, 1.82) is 0 Å². The number of benzene rings is 1. The molecule has 0 bridgehead atoms. The van der Waals surface area contributed by atoms with Crippen molar-refractivity contribution in [1.82, 2.24) is 35.0 Å². The maximum absolute atomic E-state index is 13.3. The van der Waals surface area contributed by atoms with Gasteiger partial charge in [0.15, 0.2) is 6.04 Å². The van der Waals surface area contributed by atoms with Crippen molar-refractivity contribution in [2.24, 2.45) is 0 Å². The van der Waals surface area contributed by atoms with Crippen molar-refractivity contribution < 1.29 is 4.79 Å². The number of hydrogen-bond donors (Lipinski definition) is 0. The van der Waals surface area contributed by atoms with Gasteiger partial charge in [0, 0.05) is 45.1 Å². The second-order valence-electron chi connectivity index (χ2n) is 6.88. The second-order valence-corrected chi connectivity index (χ2v) is 6.88. The van der Waals surface area contributed by atoms with Crippen LogP contribution < -0.4 is 0 Å². The average Bonchev–Trinajstić information content (AvgIpc) is 3.28. The highest BCUT2D eigenvalue weighted by atomic mass is 16.2. The first-order chi connectivity index (χ1) is 13.8. The number of piperazine rings is 1. The number of pyridine rings is 1. The molecule has 8 nitrogen and oxygen atoms in total. The van der Waals surface area contributed by atoms with Crippen molar-refractivity contribution in [3.8, 4) is 0 Å². The molecule has 1 aliphatic rings. The number of nitrogens with zero attached hydrogens (tertiary/aromatic N) is 7. The Hall–Kier alpha value is -3.13. The van der Waals surface area contributed by atoms with E-state index in [1.165, 1.54) is 16.6 Å². The van der Waals surface area contributed by atoms with Gasteiger partial charge >= 0.3 is 0 Å². The van der Waals surface area contributed by atoms with Crippen LogP contribution in [0.3, 0.4) is 0 Å². The van der Waals surface area contributed by atoms with Crippen LogP contribution >= 0.6 is 0 Å². The minimum atomic E-state index is -0.528. The smallest absolute Gasteiger partial charge is 0.252 e. The zero-order valence-electron chi connectivity index (χ0n) is 15.6. The largest absolute Gasteiger partial charge is 0.338 e. The van der Waals surface area contributed by atoms with Crippen LogP contribution in [0.2, 0.25) is 0 Å². The molecule has 3 aromatic rings. The molecular formula is C20H23N7O. The third kappa shape index (κ3) is 4.23. The highest BCUT2D eigenvalue weighted by Gasteiger charge is 2.30. The van der Waals surface area contributed by atoms with E-state index in [1.54, 1.807) is 0 Å². The topological polar surface area (TPSA) is 80.0 Å². The van der Waals surface area contributed by atoms with Crippen LogP contribution in [-0.4, -0.2) is 73.6 Å². The molecule has 1 aromatic carbocycles. The van der Waals surface area contributed by atoms with Crippen molar-refractivity contribution in [2.45, 2.75) is 12.5 Å². The fourth-order valence-electron chi connectivity index (χ4n) is 3.53. The first kappa shape index (κ1) is 18.2. The first-order valence-corrected chi connectivity index (χ1v) is 9.49. The lowest BCUT2D eigenvalue weighted by Gasteiger charge is -2.36. The van der Waals surface area contributed by atoms with E-state index >= 15 is 0 Å². The van der Waals surface area contributed by atoms with Crippen molar-refractivity contribution in [3.05, 3.63) is 72.3 Å². The molecular weight excluding hydrogens is 354 g/mol. The van der Waals surface area contributed by atoms with Crippen LogP contribution in [0.25, 0.3) is 0 Å². The van der Waals surface area contributed by atoms with Crippen molar-refractivity contribution in [3.63, 3.8) is 0 Å². The van der Waals surface area contributed by atoms with E-state index in [4.69, 9.17) is 0 Å². The maximum atomic E-state index is 13.3. The molecule has 3 heterocycles. The average molecular weight is 377 g/mol. The lowest BCUT2D eigenvalue weighted by atomic mass is 10.1. The van der Waals surface area contributed by atoms with Gasteiger partial charge in [-0.2, -0.15) is 0 Å². The summed E-state index contributed by atoms with van der Waals surface area (Å²) in [7, 11) is 0. The predicted octanol–water partition coefficient (Wildman–Crippen LogP) is 1.04. The molecule has 0 spiro atoms. The quantitative estimate of drug-likeness (QED) is 0.639. The summed E-state index contributed by atoms with van der Waals surface area (Å²) in [6, 6.07) is 13.2. The molecule has 8 heteroatoms. The zero-order chi connectivity index (χ0) is 19.2. The summed E-state index contributed by atoms with van der Waals surface area (Å²) >= 11 is 0. The van der Waals surface area contributed by atoms with Crippen LogP contribution in [0.4, 0.5) is 0 Å². The highest BCUT2D eigenvalue weighted by molar-refractivity contribution is 5.83. The molecule has 0 aliphatic carbocycles. The van der Waals surface area contributed by atoms with Crippen LogP contribution in [0, 0.1) is 0 Å². The molecule has 28 heavy (non-hydrogen) atoms. The van der Waals surface area contributed by atoms with Gasteiger partial charge in [-0.15, -0.1) is 5.10 Å². The lowest BCUT2D eigenvalue weighted by molar-refractivity contribution is -0.135. The summed E-state index contributed by atoms with van der Waals surface area (Å²) in [6.07, 6.45) is 6.15. The SMILES string of the molecule is O=C([C@H](c1ccccc1)n1cnnn1)N1CCN(CCc2ccncc2)CC1. The van der Waals surface area contributed by atoms with Crippen LogP contribution in [0.15, 0.2) is 61.2 Å². The molecule has 2 aromatic heterocycles. The maximum Gasteiger partial charge on any atom is 0.252 e. The molecule has 144 valence electrons. The fourth-order valence-corrected chi connectivity index (χ4v) is 3.53. The molecule has 4 rings (SSSR count). The molecule has 1 aliphatic heterocycles. The Labute approximate surface area is 163 Å². The van der Waals surface area contributed by atoms with Gasteiger partial charge in [0.2, 0.25) is 0 Å². The van der Waals surface area contributed by atoms with Gasteiger partial charge in [0.25, 0.3) is 5.91 Å². The Morgan fingerprint density at radius 3 is 2.43 bits per heavy atom. The Kier molecular flexibility index (Phi) is 5.67. The molecule has 0 saturated carbocycles. The van der Waals surface area contributed by atoms with E-state index in [-0.39, 0.29) is 5.91 Å². The standard InChI is InChI=1S/C20H23N7O/c28-20(19(27-16-22-23-24-27)18-4-2-1-3-5-18)26-14-12-25(13-15-26)11-8-17-6-9-21-10-7-17/h1-7,9-10,16,19H,8,11-15H2/t19-/m0/s1. The molecule has 1 fully saturated rings. The third-order valence-corrected chi connectivity index (χ3v) is 5.13. The Morgan fingerprint density at radius 2 is 1.75 bits per heavy atom. The van der Waals surface area contributed by atoms with Gasteiger partial charge in [-0.3, -0.25) is 14.7 Å². The molecule has 0 N–H and O–H groups in total. The number of amides is 1. The van der Waals surface area contributed by atoms with Gasteiger partial charge in [-0.05, 0) is 40.1 Å². The molecule has 1 saturated heterocycles. The number of aromatic nitrogens is 5. The molecule has 1 atom stereocenters. The number of rotatable bonds is 6. The van der Waals surface area contributed by atoms with E-state index in [0.717, 1.165) is 31.6 Å². The normalized spacial score (nSPS) is 16.1. The summed E-state index contributed by atoms with van der Waals surface area (Å²) in [4.78, 5) is 21.6. The van der Waals surface area contributed by atoms with Gasteiger partial charge in [-0.25, -0.2) is 4.68 Å². The predicted molar refractivity (Wildman–Crippen MR) is 103 cm³/mol. The molecule has 1 amide bonds. The lowest BCUT2D eigenvalue weighted by Crippen LogP contribution is -2.51. The van der Waals surface area contributed by atoms with Gasteiger partial charge in [-0.1, -0.05) is 30.3 Å². The van der Waals surface area contributed by atoms with E-state index in [9.17, 15) is 4.79 Å². The van der Waals surface area contributed by atoms with E-state index < -0.39 is 6.04 Å². The highest BCUT2D eigenvalue weighted by Crippen LogP contribution is 2.20. The van der Waals surface area contributed by atoms with Crippen molar-refractivity contribution >= 4 is 5.91 Å². The minimum Gasteiger partial charge on any atom is -0.338 e.